The summed E-state index contributed by atoms with van der Waals surface area (Å²) in [4.78, 5) is 12.2. The SMILES string of the molecule is Cc1ccc(S(=O)(=O)N2C(=O)OCC2[C@H](Br)C2CCCCC2)cc1. The van der Waals surface area contributed by atoms with Crippen molar-refractivity contribution in [3.63, 3.8) is 0 Å². The van der Waals surface area contributed by atoms with Gasteiger partial charge in [-0.2, -0.15) is 4.31 Å². The number of nitrogens with zero attached hydrogens (tertiary/aromatic N) is 1. The summed E-state index contributed by atoms with van der Waals surface area (Å²) >= 11 is 3.67. The van der Waals surface area contributed by atoms with Crippen molar-refractivity contribution in [2.75, 3.05) is 6.61 Å². The van der Waals surface area contributed by atoms with E-state index < -0.39 is 22.2 Å². The highest BCUT2D eigenvalue weighted by Gasteiger charge is 2.47. The van der Waals surface area contributed by atoms with Crippen molar-refractivity contribution in [1.82, 2.24) is 4.31 Å². The first-order valence-electron chi connectivity index (χ1n) is 8.33. The van der Waals surface area contributed by atoms with Crippen LogP contribution in [0.5, 0.6) is 0 Å². The Bertz CT molecular complexity index is 698. The van der Waals surface area contributed by atoms with Crippen LogP contribution in [0.4, 0.5) is 4.79 Å². The van der Waals surface area contributed by atoms with E-state index in [0.717, 1.165) is 35.6 Å². The van der Waals surface area contributed by atoms with Crippen molar-refractivity contribution >= 4 is 32.0 Å². The molecular weight excluding hydrogens is 394 g/mol. The zero-order valence-electron chi connectivity index (χ0n) is 13.7. The molecule has 1 aromatic carbocycles. The van der Waals surface area contributed by atoms with E-state index in [-0.39, 0.29) is 16.3 Å². The number of halogens is 1. The summed E-state index contributed by atoms with van der Waals surface area (Å²) in [7, 11) is -3.91. The molecule has 0 radical (unpaired) electrons. The van der Waals surface area contributed by atoms with Crippen LogP contribution in [0.25, 0.3) is 0 Å². The summed E-state index contributed by atoms with van der Waals surface area (Å²) in [6.07, 6.45) is 4.86. The quantitative estimate of drug-likeness (QED) is 0.700. The molecule has 1 saturated carbocycles. The van der Waals surface area contributed by atoms with Crippen molar-refractivity contribution in [2.45, 2.75) is 54.8 Å². The molecule has 2 aliphatic rings. The smallest absolute Gasteiger partial charge is 0.424 e. The highest BCUT2D eigenvalue weighted by Crippen LogP contribution is 2.37. The molecule has 1 aliphatic carbocycles. The highest BCUT2D eigenvalue weighted by atomic mass is 79.9. The van der Waals surface area contributed by atoms with Crippen LogP contribution in [0.15, 0.2) is 29.2 Å². The Morgan fingerprint density at radius 3 is 2.42 bits per heavy atom. The number of rotatable bonds is 4. The van der Waals surface area contributed by atoms with E-state index in [1.54, 1.807) is 12.1 Å². The summed E-state index contributed by atoms with van der Waals surface area (Å²) in [6.45, 7) is 2.00. The third-order valence-electron chi connectivity index (χ3n) is 4.90. The maximum absolute atomic E-state index is 13.0. The van der Waals surface area contributed by atoms with Gasteiger partial charge in [0.1, 0.15) is 6.61 Å². The van der Waals surface area contributed by atoms with Gasteiger partial charge in [0.25, 0.3) is 10.0 Å². The Kier molecular flexibility index (Phi) is 5.20. The van der Waals surface area contributed by atoms with E-state index in [1.165, 1.54) is 18.6 Å². The first-order chi connectivity index (χ1) is 11.4. The lowest BCUT2D eigenvalue weighted by atomic mass is 9.85. The monoisotopic (exact) mass is 415 g/mol. The summed E-state index contributed by atoms with van der Waals surface area (Å²) in [6, 6.07) is 6.05. The second-order valence-electron chi connectivity index (χ2n) is 6.60. The summed E-state index contributed by atoms with van der Waals surface area (Å²) in [5.41, 5.74) is 0.968. The summed E-state index contributed by atoms with van der Waals surface area (Å²) < 4.78 is 32.0. The highest BCUT2D eigenvalue weighted by molar-refractivity contribution is 9.09. The molecule has 1 saturated heterocycles. The molecule has 7 heteroatoms. The van der Waals surface area contributed by atoms with Gasteiger partial charge in [0, 0.05) is 4.83 Å². The molecule has 0 N–H and O–H groups in total. The number of carbonyl (C=O) groups is 1. The number of sulfonamides is 1. The maximum Gasteiger partial charge on any atom is 0.424 e. The molecule has 0 bridgehead atoms. The first-order valence-corrected chi connectivity index (χ1v) is 10.7. The average Bonchev–Trinajstić information content (AvgIpc) is 2.98. The Labute approximate surface area is 151 Å². The number of aryl methyl sites for hydroxylation is 1. The van der Waals surface area contributed by atoms with E-state index in [2.05, 4.69) is 15.9 Å². The fraction of sp³-hybridized carbons (Fsp3) is 0.588. The van der Waals surface area contributed by atoms with Crippen LogP contribution in [0.2, 0.25) is 0 Å². The molecule has 2 atom stereocenters. The first kappa shape index (κ1) is 17.7. The lowest BCUT2D eigenvalue weighted by molar-refractivity contribution is 0.169. The standard InChI is InChI=1S/C17H22BrNO4S/c1-12-7-9-14(10-8-12)24(21,22)19-15(11-23-17(19)20)16(18)13-5-3-2-4-6-13/h7-10,13,15-16H,2-6,11H2,1H3/t15?,16-/m1/s1. The normalized spacial score (nSPS) is 24.0. The number of hydrogen-bond acceptors (Lipinski definition) is 4. The molecule has 1 aromatic rings. The lowest BCUT2D eigenvalue weighted by Crippen LogP contribution is -2.46. The number of amides is 1. The van der Waals surface area contributed by atoms with Crippen molar-refractivity contribution in [3.05, 3.63) is 29.8 Å². The van der Waals surface area contributed by atoms with Gasteiger partial charge in [0.15, 0.2) is 0 Å². The maximum atomic E-state index is 13.0. The fourth-order valence-electron chi connectivity index (χ4n) is 3.51. The molecule has 1 unspecified atom stereocenters. The minimum absolute atomic E-state index is 0.0792. The van der Waals surface area contributed by atoms with Gasteiger partial charge in [0.05, 0.1) is 10.9 Å². The Morgan fingerprint density at radius 2 is 1.79 bits per heavy atom. The molecule has 1 heterocycles. The molecule has 24 heavy (non-hydrogen) atoms. The van der Waals surface area contributed by atoms with Crippen molar-refractivity contribution in [2.24, 2.45) is 5.92 Å². The van der Waals surface area contributed by atoms with Gasteiger partial charge in [-0.25, -0.2) is 13.2 Å². The summed E-state index contributed by atoms with van der Waals surface area (Å²) in [5, 5.41) is 0. The second-order valence-corrected chi connectivity index (χ2v) is 9.47. The van der Waals surface area contributed by atoms with Gasteiger partial charge in [-0.15, -0.1) is 0 Å². The Morgan fingerprint density at radius 1 is 1.17 bits per heavy atom. The third kappa shape index (κ3) is 3.33. The minimum Gasteiger partial charge on any atom is -0.446 e. The van der Waals surface area contributed by atoms with E-state index in [0.29, 0.717) is 5.92 Å². The fourth-order valence-corrected chi connectivity index (χ4v) is 6.09. The van der Waals surface area contributed by atoms with Gasteiger partial charge in [-0.3, -0.25) is 0 Å². The molecule has 5 nitrogen and oxygen atoms in total. The van der Waals surface area contributed by atoms with Crippen LogP contribution >= 0.6 is 15.9 Å². The number of benzene rings is 1. The third-order valence-corrected chi connectivity index (χ3v) is 8.07. The Balaban J connectivity index is 1.88. The summed E-state index contributed by atoms with van der Waals surface area (Å²) in [5.74, 6) is 0.369. The van der Waals surface area contributed by atoms with Crippen molar-refractivity contribution < 1.29 is 17.9 Å². The lowest BCUT2D eigenvalue weighted by Gasteiger charge is -2.32. The van der Waals surface area contributed by atoms with Gasteiger partial charge >= 0.3 is 6.09 Å². The zero-order valence-corrected chi connectivity index (χ0v) is 16.1. The molecule has 0 spiro atoms. The molecule has 0 aromatic heterocycles. The molecule has 1 amide bonds. The molecule has 2 fully saturated rings. The van der Waals surface area contributed by atoms with Crippen LogP contribution < -0.4 is 0 Å². The number of carbonyl (C=O) groups excluding carboxylic acids is 1. The predicted molar refractivity (Wildman–Crippen MR) is 94.6 cm³/mol. The van der Waals surface area contributed by atoms with Crippen LogP contribution in [0, 0.1) is 12.8 Å². The van der Waals surface area contributed by atoms with Crippen LogP contribution in [-0.4, -0.2) is 36.3 Å². The average molecular weight is 416 g/mol. The number of hydrogen-bond donors (Lipinski definition) is 0. The Hall–Kier alpha value is -1.08. The van der Waals surface area contributed by atoms with Crippen molar-refractivity contribution in [3.8, 4) is 0 Å². The predicted octanol–water partition coefficient (Wildman–Crippen LogP) is 3.85. The van der Waals surface area contributed by atoms with E-state index in [1.807, 2.05) is 6.92 Å². The van der Waals surface area contributed by atoms with E-state index >= 15 is 0 Å². The van der Waals surface area contributed by atoms with Crippen molar-refractivity contribution in [1.29, 1.82) is 0 Å². The number of ether oxygens (including phenoxy) is 1. The van der Waals surface area contributed by atoms with Crippen LogP contribution in [0.3, 0.4) is 0 Å². The molecule has 1 aliphatic heterocycles. The largest absolute Gasteiger partial charge is 0.446 e. The molecule has 3 rings (SSSR count). The van der Waals surface area contributed by atoms with Crippen LogP contribution in [-0.2, 0) is 14.8 Å². The minimum atomic E-state index is -3.91. The van der Waals surface area contributed by atoms with Gasteiger partial charge in [0.2, 0.25) is 0 Å². The number of cyclic esters (lactones) is 1. The van der Waals surface area contributed by atoms with Gasteiger partial charge < -0.3 is 4.74 Å². The van der Waals surface area contributed by atoms with Gasteiger partial charge in [-0.05, 0) is 37.8 Å². The van der Waals surface area contributed by atoms with E-state index in [4.69, 9.17) is 4.74 Å². The molecule has 132 valence electrons. The topological polar surface area (TPSA) is 63.7 Å². The molecular formula is C17H22BrNO4S. The zero-order chi connectivity index (χ0) is 17.3. The van der Waals surface area contributed by atoms with E-state index in [9.17, 15) is 13.2 Å². The van der Waals surface area contributed by atoms with Gasteiger partial charge in [-0.1, -0.05) is 52.9 Å². The number of alkyl halides is 1. The second kappa shape index (κ2) is 7.04. The van der Waals surface area contributed by atoms with Crippen LogP contribution in [0.1, 0.15) is 37.7 Å².